The zero-order valence-electron chi connectivity index (χ0n) is 15.3. The molecule has 1 aliphatic rings. The van der Waals surface area contributed by atoms with Gasteiger partial charge in [0.25, 0.3) is 5.56 Å². The van der Waals surface area contributed by atoms with Crippen molar-refractivity contribution in [2.24, 2.45) is 12.1 Å². The van der Waals surface area contributed by atoms with Crippen molar-refractivity contribution in [3.8, 4) is 0 Å². The molecule has 0 saturated heterocycles. The Balaban J connectivity index is 2.34. The summed E-state index contributed by atoms with van der Waals surface area (Å²) < 4.78 is 9.74. The highest BCUT2D eigenvalue weighted by Crippen LogP contribution is 2.29. The summed E-state index contributed by atoms with van der Waals surface area (Å²) in [5, 5.41) is 6.30. The summed E-state index contributed by atoms with van der Waals surface area (Å²) in [7, 11) is 3.27. The highest BCUT2D eigenvalue weighted by Gasteiger charge is 2.30. The van der Waals surface area contributed by atoms with E-state index < -0.39 is 0 Å². The fourth-order valence-corrected chi connectivity index (χ4v) is 3.13. The second-order valence-electron chi connectivity index (χ2n) is 6.29. The number of rotatable bonds is 5. The van der Waals surface area contributed by atoms with Crippen LogP contribution >= 0.6 is 0 Å². The van der Waals surface area contributed by atoms with Crippen LogP contribution in [0.2, 0.25) is 0 Å². The van der Waals surface area contributed by atoms with E-state index in [4.69, 9.17) is 4.74 Å². The molecule has 1 atom stereocenters. The van der Waals surface area contributed by atoms with Gasteiger partial charge in [0, 0.05) is 20.7 Å². The number of nitrogens with zero attached hydrogens (tertiary/aromatic N) is 6. The zero-order valence-corrected chi connectivity index (χ0v) is 15.3. The standard InChI is InChI=1S/C16H24N6O3/c1-6-7-20-14(23)12-13(19(4)16(20)24)17-15-21(8-9-25-5)18-10(2)11(3)22(12)15/h11H,6-9H2,1-5H3/t11-/m1/s1. The van der Waals surface area contributed by atoms with Crippen LogP contribution in [0.5, 0.6) is 0 Å². The number of fused-ring (bicyclic) bond motifs is 3. The molecule has 25 heavy (non-hydrogen) atoms. The van der Waals surface area contributed by atoms with Crippen molar-refractivity contribution in [1.29, 1.82) is 0 Å². The first-order valence-electron chi connectivity index (χ1n) is 8.45. The SMILES string of the molecule is CCCn1c(=O)c2c(nc3n2[C@H](C)C(C)=NN3CCOC)n(C)c1=O. The number of hydrazone groups is 1. The molecule has 9 heteroatoms. The largest absolute Gasteiger partial charge is 0.383 e. The lowest BCUT2D eigenvalue weighted by Crippen LogP contribution is -2.40. The van der Waals surface area contributed by atoms with Gasteiger partial charge in [-0.2, -0.15) is 10.1 Å². The maximum absolute atomic E-state index is 13.0. The summed E-state index contributed by atoms with van der Waals surface area (Å²) in [6.07, 6.45) is 0.706. The Labute approximate surface area is 145 Å². The van der Waals surface area contributed by atoms with Gasteiger partial charge in [-0.05, 0) is 20.3 Å². The Morgan fingerprint density at radius 1 is 1.24 bits per heavy atom. The molecule has 0 fully saturated rings. The van der Waals surface area contributed by atoms with Crippen LogP contribution in [-0.2, 0) is 18.3 Å². The van der Waals surface area contributed by atoms with Crippen LogP contribution < -0.4 is 16.3 Å². The van der Waals surface area contributed by atoms with Crippen LogP contribution in [-0.4, -0.2) is 44.7 Å². The summed E-state index contributed by atoms with van der Waals surface area (Å²) in [4.78, 5) is 30.1. The van der Waals surface area contributed by atoms with E-state index >= 15 is 0 Å². The van der Waals surface area contributed by atoms with Crippen LogP contribution in [0.3, 0.4) is 0 Å². The Hall–Kier alpha value is -2.42. The Morgan fingerprint density at radius 3 is 2.60 bits per heavy atom. The lowest BCUT2D eigenvalue weighted by Gasteiger charge is -2.28. The average Bonchev–Trinajstić information content (AvgIpc) is 3.00. The molecule has 0 aromatic carbocycles. The van der Waals surface area contributed by atoms with Crippen molar-refractivity contribution in [2.75, 3.05) is 25.3 Å². The second-order valence-corrected chi connectivity index (χ2v) is 6.29. The molecular weight excluding hydrogens is 324 g/mol. The molecular formula is C16H24N6O3. The van der Waals surface area contributed by atoms with Crippen molar-refractivity contribution in [3.63, 3.8) is 0 Å². The van der Waals surface area contributed by atoms with E-state index in [1.54, 1.807) is 19.2 Å². The van der Waals surface area contributed by atoms with E-state index in [-0.39, 0.29) is 17.3 Å². The molecule has 0 N–H and O–H groups in total. The zero-order chi connectivity index (χ0) is 18.3. The van der Waals surface area contributed by atoms with Gasteiger partial charge in [-0.15, -0.1) is 0 Å². The van der Waals surface area contributed by atoms with Crippen LogP contribution in [0, 0.1) is 0 Å². The molecule has 136 valence electrons. The highest BCUT2D eigenvalue weighted by atomic mass is 16.5. The van der Waals surface area contributed by atoms with Gasteiger partial charge in [0.2, 0.25) is 5.95 Å². The van der Waals surface area contributed by atoms with Gasteiger partial charge in [-0.1, -0.05) is 6.92 Å². The minimum absolute atomic E-state index is 0.112. The molecule has 3 rings (SSSR count). The van der Waals surface area contributed by atoms with Crippen LogP contribution in [0.25, 0.3) is 11.2 Å². The number of aryl methyl sites for hydroxylation is 1. The van der Waals surface area contributed by atoms with Gasteiger partial charge in [0.1, 0.15) is 0 Å². The summed E-state index contributed by atoms with van der Waals surface area (Å²) in [5.41, 5.74) is 1.06. The third-order valence-corrected chi connectivity index (χ3v) is 4.61. The molecule has 9 nitrogen and oxygen atoms in total. The van der Waals surface area contributed by atoms with Crippen LogP contribution in [0.15, 0.2) is 14.7 Å². The summed E-state index contributed by atoms with van der Waals surface area (Å²) in [6, 6.07) is -0.112. The molecule has 0 unspecified atom stereocenters. The first-order chi connectivity index (χ1) is 11.9. The topological polar surface area (TPSA) is 86.7 Å². The molecule has 0 saturated carbocycles. The van der Waals surface area contributed by atoms with Gasteiger partial charge in [0.15, 0.2) is 11.2 Å². The van der Waals surface area contributed by atoms with Crippen LogP contribution in [0.4, 0.5) is 5.95 Å². The minimum atomic E-state index is -0.344. The van der Waals surface area contributed by atoms with Crippen molar-refractivity contribution >= 4 is 22.8 Å². The lowest BCUT2D eigenvalue weighted by atomic mass is 10.2. The van der Waals surface area contributed by atoms with Crippen molar-refractivity contribution in [2.45, 2.75) is 39.8 Å². The highest BCUT2D eigenvalue weighted by molar-refractivity contribution is 5.91. The molecule has 2 aromatic heterocycles. The number of hydrogen-bond acceptors (Lipinski definition) is 6. The molecule has 1 aliphatic heterocycles. The molecule has 2 aromatic rings. The smallest absolute Gasteiger partial charge is 0.332 e. The monoisotopic (exact) mass is 348 g/mol. The lowest BCUT2D eigenvalue weighted by molar-refractivity contribution is 0.204. The normalized spacial score (nSPS) is 17.1. The third kappa shape index (κ3) is 2.58. The number of anilines is 1. The summed E-state index contributed by atoms with van der Waals surface area (Å²) in [6.45, 7) is 7.22. The fourth-order valence-electron chi connectivity index (χ4n) is 3.13. The summed E-state index contributed by atoms with van der Waals surface area (Å²) >= 11 is 0. The number of aromatic nitrogens is 4. The van der Waals surface area contributed by atoms with Crippen LogP contribution in [0.1, 0.15) is 33.2 Å². The molecule has 0 aliphatic carbocycles. The molecule has 0 spiro atoms. The van der Waals surface area contributed by atoms with Gasteiger partial charge in [-0.25, -0.2) is 9.80 Å². The Kier molecular flexibility index (Phi) is 4.51. The quantitative estimate of drug-likeness (QED) is 0.794. The van der Waals surface area contributed by atoms with Gasteiger partial charge in [-0.3, -0.25) is 18.5 Å². The minimum Gasteiger partial charge on any atom is -0.383 e. The predicted octanol–water partition coefficient (Wildman–Crippen LogP) is 0.710. The number of ether oxygens (including phenoxy) is 1. The third-order valence-electron chi connectivity index (χ3n) is 4.61. The van der Waals surface area contributed by atoms with Gasteiger partial charge >= 0.3 is 5.69 Å². The van der Waals surface area contributed by atoms with E-state index in [0.717, 1.165) is 5.71 Å². The maximum atomic E-state index is 13.0. The average molecular weight is 348 g/mol. The van der Waals surface area contributed by atoms with Gasteiger partial charge < -0.3 is 4.74 Å². The molecule has 0 radical (unpaired) electrons. The number of imidazole rings is 1. The summed E-state index contributed by atoms with van der Waals surface area (Å²) in [5.74, 6) is 0.562. The fraction of sp³-hybridized carbons (Fsp3) is 0.625. The predicted molar refractivity (Wildman–Crippen MR) is 96.6 cm³/mol. The first kappa shape index (κ1) is 17.4. The number of hydrogen-bond donors (Lipinski definition) is 0. The molecule has 0 amide bonds. The van der Waals surface area contributed by atoms with Crippen molar-refractivity contribution < 1.29 is 4.74 Å². The van der Waals surface area contributed by atoms with Crippen molar-refractivity contribution in [1.82, 2.24) is 18.7 Å². The molecule has 3 heterocycles. The maximum Gasteiger partial charge on any atom is 0.332 e. The second kappa shape index (κ2) is 6.47. The molecule has 0 bridgehead atoms. The number of methoxy groups -OCH3 is 1. The van der Waals surface area contributed by atoms with E-state index in [1.165, 1.54) is 9.13 Å². The van der Waals surface area contributed by atoms with Gasteiger partial charge in [0.05, 0.1) is 24.9 Å². The first-order valence-corrected chi connectivity index (χ1v) is 8.45. The van der Waals surface area contributed by atoms with Crippen molar-refractivity contribution in [3.05, 3.63) is 20.8 Å². The Morgan fingerprint density at radius 2 is 1.96 bits per heavy atom. The Bertz CT molecular complexity index is 951. The van der Waals surface area contributed by atoms with E-state index in [9.17, 15) is 9.59 Å². The van der Waals surface area contributed by atoms with E-state index in [2.05, 4.69) is 10.1 Å². The van der Waals surface area contributed by atoms with E-state index in [1.807, 2.05) is 25.3 Å². The van der Waals surface area contributed by atoms with E-state index in [0.29, 0.717) is 43.2 Å².